The molecule has 2 aromatic rings. The second-order valence-corrected chi connectivity index (χ2v) is 4.91. The summed E-state index contributed by atoms with van der Waals surface area (Å²) in [6, 6.07) is 13.8. The zero-order chi connectivity index (χ0) is 18.9. The number of esters is 1. The zero-order valence-electron chi connectivity index (χ0n) is 13.4. The Kier molecular flexibility index (Phi) is 6.23. The molecule has 132 valence electrons. The molecule has 0 spiro atoms. The number of benzene rings is 2. The van der Waals surface area contributed by atoms with Crippen molar-refractivity contribution in [3.8, 4) is 11.8 Å². The van der Waals surface area contributed by atoms with Gasteiger partial charge in [0.15, 0.2) is 13.2 Å². The Morgan fingerprint density at radius 2 is 1.88 bits per heavy atom. The Bertz CT molecular complexity index is 861. The molecule has 0 unspecified atom stereocenters. The van der Waals surface area contributed by atoms with Crippen LogP contribution < -0.4 is 10.1 Å². The van der Waals surface area contributed by atoms with Crippen molar-refractivity contribution in [3.63, 3.8) is 0 Å². The third-order valence-corrected chi connectivity index (χ3v) is 3.07. The van der Waals surface area contributed by atoms with Crippen LogP contribution in [0.15, 0.2) is 48.5 Å². The maximum atomic E-state index is 11.8. The predicted molar refractivity (Wildman–Crippen MR) is 89.3 cm³/mol. The summed E-state index contributed by atoms with van der Waals surface area (Å²) in [5.41, 5.74) is -0.269. The first kappa shape index (κ1) is 18.4. The quantitative estimate of drug-likeness (QED) is 0.456. The molecule has 0 aliphatic carbocycles. The minimum atomic E-state index is -0.742. The van der Waals surface area contributed by atoms with Crippen molar-refractivity contribution in [3.05, 3.63) is 64.2 Å². The Balaban J connectivity index is 1.84. The number of carbonyl (C=O) groups excluding carboxylic acids is 2. The minimum Gasteiger partial charge on any atom is -0.482 e. The molecule has 0 aliphatic rings. The first-order valence-electron chi connectivity index (χ1n) is 7.31. The van der Waals surface area contributed by atoms with Crippen molar-refractivity contribution in [2.24, 2.45) is 0 Å². The van der Waals surface area contributed by atoms with Crippen LogP contribution in [0.4, 0.5) is 11.4 Å². The number of nitro benzene ring substituents is 1. The minimum absolute atomic E-state index is 0.0775. The number of amides is 1. The van der Waals surface area contributed by atoms with Crippen molar-refractivity contribution < 1.29 is 24.0 Å². The molecule has 2 rings (SSSR count). The summed E-state index contributed by atoms with van der Waals surface area (Å²) >= 11 is 0. The van der Waals surface area contributed by atoms with Gasteiger partial charge in [-0.2, -0.15) is 5.26 Å². The molecule has 26 heavy (non-hydrogen) atoms. The number of non-ortho nitro benzene ring substituents is 1. The van der Waals surface area contributed by atoms with Gasteiger partial charge in [-0.3, -0.25) is 14.9 Å². The van der Waals surface area contributed by atoms with Crippen LogP contribution in [0.3, 0.4) is 0 Å². The molecule has 9 heteroatoms. The molecule has 0 fully saturated rings. The summed E-state index contributed by atoms with van der Waals surface area (Å²) in [7, 11) is 0. The van der Waals surface area contributed by atoms with E-state index in [9.17, 15) is 19.7 Å². The van der Waals surface area contributed by atoms with Crippen molar-refractivity contribution in [2.75, 3.05) is 18.5 Å². The van der Waals surface area contributed by atoms with Gasteiger partial charge in [-0.15, -0.1) is 0 Å². The number of ether oxygens (including phenoxy) is 2. The highest BCUT2D eigenvalue weighted by atomic mass is 16.6. The van der Waals surface area contributed by atoms with Gasteiger partial charge in [0.1, 0.15) is 11.8 Å². The molecule has 0 heterocycles. The van der Waals surface area contributed by atoms with Gasteiger partial charge < -0.3 is 14.8 Å². The van der Waals surface area contributed by atoms with Crippen molar-refractivity contribution in [2.45, 2.75) is 0 Å². The Labute approximate surface area is 147 Å². The Hall–Kier alpha value is -3.93. The average Bonchev–Trinajstić information content (AvgIpc) is 2.65. The van der Waals surface area contributed by atoms with E-state index in [0.717, 1.165) is 12.1 Å². The van der Waals surface area contributed by atoms with Crippen LogP contribution >= 0.6 is 0 Å². The van der Waals surface area contributed by atoms with E-state index >= 15 is 0 Å². The number of rotatable bonds is 7. The molecule has 0 radical (unpaired) electrons. The van der Waals surface area contributed by atoms with Gasteiger partial charge in [-0.25, -0.2) is 4.79 Å². The highest BCUT2D eigenvalue weighted by molar-refractivity contribution is 5.94. The number of anilines is 1. The van der Waals surface area contributed by atoms with E-state index in [0.29, 0.717) is 5.75 Å². The number of nitrogens with zero attached hydrogens (tertiary/aromatic N) is 2. The molecule has 9 nitrogen and oxygen atoms in total. The third kappa shape index (κ3) is 5.31. The summed E-state index contributed by atoms with van der Waals surface area (Å²) in [4.78, 5) is 33.4. The van der Waals surface area contributed by atoms with E-state index < -0.39 is 23.4 Å². The van der Waals surface area contributed by atoms with E-state index in [2.05, 4.69) is 5.32 Å². The fraction of sp³-hybridized carbons (Fsp3) is 0.118. The molecule has 0 atom stereocenters. The number of hydrogen-bond acceptors (Lipinski definition) is 7. The normalized spacial score (nSPS) is 9.65. The Morgan fingerprint density at radius 1 is 1.15 bits per heavy atom. The fourth-order valence-corrected chi connectivity index (χ4v) is 1.88. The lowest BCUT2D eigenvalue weighted by atomic mass is 10.1. The fourth-order valence-electron chi connectivity index (χ4n) is 1.88. The second kappa shape index (κ2) is 8.79. The number of para-hydroxylation sites is 1. The lowest BCUT2D eigenvalue weighted by Gasteiger charge is -2.08. The van der Waals surface area contributed by atoms with Gasteiger partial charge >= 0.3 is 5.97 Å². The standard InChI is InChI=1S/C17H13N3O6/c18-9-12-8-13(20(23)24)6-7-15(12)19-16(21)10-26-17(22)11-25-14-4-2-1-3-5-14/h1-8H,10-11H2,(H,19,21). The summed E-state index contributed by atoms with van der Waals surface area (Å²) < 4.78 is 9.94. The maximum Gasteiger partial charge on any atom is 0.344 e. The molecular weight excluding hydrogens is 342 g/mol. The zero-order valence-corrected chi connectivity index (χ0v) is 13.4. The number of nitriles is 1. The predicted octanol–water partition coefficient (Wildman–Crippen LogP) is 2.03. The highest BCUT2D eigenvalue weighted by Gasteiger charge is 2.14. The number of nitro groups is 1. The third-order valence-electron chi connectivity index (χ3n) is 3.07. The van der Waals surface area contributed by atoms with Crippen LogP contribution in [0.5, 0.6) is 5.75 Å². The van der Waals surface area contributed by atoms with Gasteiger partial charge in [0, 0.05) is 12.1 Å². The Morgan fingerprint density at radius 3 is 2.54 bits per heavy atom. The summed E-state index contributed by atoms with van der Waals surface area (Å²) in [6.45, 7) is -0.947. The SMILES string of the molecule is N#Cc1cc([N+](=O)[O-])ccc1NC(=O)COC(=O)COc1ccccc1. The second-order valence-electron chi connectivity index (χ2n) is 4.91. The van der Waals surface area contributed by atoms with Gasteiger partial charge in [0.25, 0.3) is 11.6 Å². The van der Waals surface area contributed by atoms with Crippen LogP contribution in [-0.4, -0.2) is 30.0 Å². The van der Waals surface area contributed by atoms with Gasteiger partial charge in [0.05, 0.1) is 16.2 Å². The molecule has 0 aromatic heterocycles. The van der Waals surface area contributed by atoms with Crippen LogP contribution in [0.2, 0.25) is 0 Å². The summed E-state index contributed by atoms with van der Waals surface area (Å²) in [5.74, 6) is -0.949. The summed E-state index contributed by atoms with van der Waals surface area (Å²) in [5, 5.41) is 22.0. The average molecular weight is 355 g/mol. The number of nitrogens with one attached hydrogen (secondary N) is 1. The topological polar surface area (TPSA) is 132 Å². The highest BCUT2D eigenvalue weighted by Crippen LogP contribution is 2.21. The van der Waals surface area contributed by atoms with E-state index in [1.165, 1.54) is 6.07 Å². The van der Waals surface area contributed by atoms with Gasteiger partial charge in [0.2, 0.25) is 0 Å². The van der Waals surface area contributed by atoms with Crippen LogP contribution in [-0.2, 0) is 14.3 Å². The molecule has 1 N–H and O–H groups in total. The van der Waals surface area contributed by atoms with Gasteiger partial charge in [-0.1, -0.05) is 18.2 Å². The number of carbonyl (C=O) groups is 2. The first-order valence-corrected chi connectivity index (χ1v) is 7.31. The van der Waals surface area contributed by atoms with Crippen LogP contribution in [0.25, 0.3) is 0 Å². The summed E-state index contributed by atoms with van der Waals surface area (Å²) in [6.07, 6.45) is 0. The lowest BCUT2D eigenvalue weighted by Crippen LogP contribution is -2.24. The number of hydrogen-bond donors (Lipinski definition) is 1. The molecule has 0 aliphatic heterocycles. The van der Waals surface area contributed by atoms with Crippen LogP contribution in [0.1, 0.15) is 5.56 Å². The lowest BCUT2D eigenvalue weighted by molar-refractivity contribution is -0.384. The molecule has 0 saturated heterocycles. The maximum absolute atomic E-state index is 11.8. The molecular formula is C17H13N3O6. The van der Waals surface area contributed by atoms with Crippen LogP contribution in [0, 0.1) is 21.4 Å². The van der Waals surface area contributed by atoms with E-state index in [1.807, 2.05) is 0 Å². The first-order chi connectivity index (χ1) is 12.5. The largest absolute Gasteiger partial charge is 0.482 e. The van der Waals surface area contributed by atoms with Crippen molar-refractivity contribution in [1.29, 1.82) is 5.26 Å². The van der Waals surface area contributed by atoms with Crippen molar-refractivity contribution >= 4 is 23.3 Å². The van der Waals surface area contributed by atoms with E-state index in [4.69, 9.17) is 14.7 Å². The molecule has 0 saturated carbocycles. The van der Waals surface area contributed by atoms with E-state index in [-0.39, 0.29) is 23.5 Å². The molecule has 2 aromatic carbocycles. The smallest absolute Gasteiger partial charge is 0.344 e. The monoisotopic (exact) mass is 355 g/mol. The van der Waals surface area contributed by atoms with Crippen molar-refractivity contribution in [1.82, 2.24) is 0 Å². The van der Waals surface area contributed by atoms with Gasteiger partial charge in [-0.05, 0) is 18.2 Å². The molecule has 1 amide bonds. The molecule has 0 bridgehead atoms. The van der Waals surface area contributed by atoms with E-state index in [1.54, 1.807) is 36.4 Å².